The minimum atomic E-state index is -0.401. The summed E-state index contributed by atoms with van der Waals surface area (Å²) in [6.07, 6.45) is 0. The summed E-state index contributed by atoms with van der Waals surface area (Å²) in [6.45, 7) is 0.107. The van der Waals surface area contributed by atoms with E-state index in [4.69, 9.17) is 5.11 Å². The van der Waals surface area contributed by atoms with Gasteiger partial charge in [0.05, 0.1) is 23.4 Å². The van der Waals surface area contributed by atoms with Crippen LogP contribution < -0.4 is 0 Å². The van der Waals surface area contributed by atoms with Crippen molar-refractivity contribution in [2.45, 2.75) is 0 Å². The third-order valence-corrected chi connectivity index (χ3v) is 3.85. The fraction of sp³-hybridized carbons (Fsp3) is 0.158. The molecule has 0 fully saturated rings. The second-order valence-corrected chi connectivity index (χ2v) is 5.53. The Labute approximate surface area is 139 Å². The van der Waals surface area contributed by atoms with Crippen LogP contribution in [-0.2, 0) is 0 Å². The van der Waals surface area contributed by atoms with E-state index in [9.17, 15) is 9.18 Å². The number of hydrogen-bond acceptors (Lipinski definition) is 3. The molecule has 1 heterocycles. The third-order valence-electron chi connectivity index (χ3n) is 3.85. The van der Waals surface area contributed by atoms with Gasteiger partial charge in [0, 0.05) is 30.6 Å². The van der Waals surface area contributed by atoms with Gasteiger partial charge in [-0.25, -0.2) is 9.37 Å². The summed E-state index contributed by atoms with van der Waals surface area (Å²) >= 11 is 0. The predicted molar refractivity (Wildman–Crippen MR) is 91.2 cm³/mol. The Morgan fingerprint density at radius 2 is 1.92 bits per heavy atom. The summed E-state index contributed by atoms with van der Waals surface area (Å²) in [6, 6.07) is 15.3. The highest BCUT2D eigenvalue weighted by atomic mass is 19.1. The lowest BCUT2D eigenvalue weighted by molar-refractivity contribution is 0.0769. The summed E-state index contributed by atoms with van der Waals surface area (Å²) in [7, 11) is 1.62. The van der Waals surface area contributed by atoms with E-state index in [2.05, 4.69) is 4.98 Å². The monoisotopic (exact) mass is 324 g/mol. The molecule has 0 aliphatic heterocycles. The molecule has 1 amide bonds. The number of amides is 1. The number of rotatable bonds is 4. The number of pyridine rings is 1. The lowest BCUT2D eigenvalue weighted by atomic mass is 10.0. The molecule has 0 saturated heterocycles. The SMILES string of the molecule is CN(CCO)C(=O)c1cc(-c2ccccc2)nc2cc(F)ccc12. The first-order valence-electron chi connectivity index (χ1n) is 7.62. The molecule has 2 aromatic carbocycles. The van der Waals surface area contributed by atoms with Gasteiger partial charge in [0.25, 0.3) is 5.91 Å². The minimum Gasteiger partial charge on any atom is -0.395 e. The van der Waals surface area contributed by atoms with Gasteiger partial charge in [0.2, 0.25) is 0 Å². The highest BCUT2D eigenvalue weighted by molar-refractivity contribution is 6.07. The average molecular weight is 324 g/mol. The van der Waals surface area contributed by atoms with Gasteiger partial charge in [-0.2, -0.15) is 0 Å². The second kappa shape index (κ2) is 6.76. The number of hydrogen-bond donors (Lipinski definition) is 1. The van der Waals surface area contributed by atoms with Gasteiger partial charge >= 0.3 is 0 Å². The van der Waals surface area contributed by atoms with E-state index < -0.39 is 5.82 Å². The molecule has 3 rings (SSSR count). The normalized spacial score (nSPS) is 10.8. The zero-order valence-electron chi connectivity index (χ0n) is 13.2. The number of aliphatic hydroxyl groups excluding tert-OH is 1. The first-order valence-corrected chi connectivity index (χ1v) is 7.62. The molecule has 0 bridgehead atoms. The van der Waals surface area contributed by atoms with Crippen LogP contribution in [0.15, 0.2) is 54.6 Å². The van der Waals surface area contributed by atoms with E-state index in [0.29, 0.717) is 22.2 Å². The highest BCUT2D eigenvalue weighted by Gasteiger charge is 2.17. The van der Waals surface area contributed by atoms with Crippen LogP contribution in [0.25, 0.3) is 22.2 Å². The van der Waals surface area contributed by atoms with Crippen molar-refractivity contribution in [2.75, 3.05) is 20.2 Å². The van der Waals surface area contributed by atoms with Crippen molar-refractivity contribution in [3.8, 4) is 11.3 Å². The van der Waals surface area contributed by atoms with E-state index in [1.165, 1.54) is 17.0 Å². The molecular formula is C19H17FN2O2. The third kappa shape index (κ3) is 3.12. The van der Waals surface area contributed by atoms with Crippen LogP contribution in [-0.4, -0.2) is 41.1 Å². The molecule has 4 nitrogen and oxygen atoms in total. The first kappa shape index (κ1) is 16.1. The number of carbonyl (C=O) groups excluding carboxylic acids is 1. The van der Waals surface area contributed by atoms with Crippen LogP contribution in [0.4, 0.5) is 4.39 Å². The number of aromatic nitrogens is 1. The summed E-state index contributed by atoms with van der Waals surface area (Å²) in [5, 5.41) is 9.65. The van der Waals surface area contributed by atoms with Crippen molar-refractivity contribution in [3.63, 3.8) is 0 Å². The van der Waals surface area contributed by atoms with Crippen molar-refractivity contribution in [1.82, 2.24) is 9.88 Å². The summed E-state index contributed by atoms with van der Waals surface area (Å²) < 4.78 is 13.6. The summed E-state index contributed by atoms with van der Waals surface area (Å²) in [4.78, 5) is 18.6. The van der Waals surface area contributed by atoms with Crippen molar-refractivity contribution in [2.24, 2.45) is 0 Å². The number of halogens is 1. The smallest absolute Gasteiger partial charge is 0.254 e. The van der Waals surface area contributed by atoms with Crippen molar-refractivity contribution in [1.29, 1.82) is 0 Å². The standard InChI is InChI=1S/C19H17FN2O2/c1-22(9-10-23)19(24)16-12-17(13-5-3-2-4-6-13)21-18-11-14(20)7-8-15(16)18/h2-8,11-12,23H,9-10H2,1H3. The Kier molecular flexibility index (Phi) is 4.53. The molecule has 0 radical (unpaired) electrons. The summed E-state index contributed by atoms with van der Waals surface area (Å²) in [5.41, 5.74) is 2.32. The molecule has 0 spiro atoms. The maximum Gasteiger partial charge on any atom is 0.254 e. The van der Waals surface area contributed by atoms with Crippen molar-refractivity contribution < 1.29 is 14.3 Å². The maximum absolute atomic E-state index is 13.6. The minimum absolute atomic E-state index is 0.120. The number of aliphatic hydroxyl groups is 1. The van der Waals surface area contributed by atoms with Crippen LogP contribution in [0, 0.1) is 5.82 Å². The largest absolute Gasteiger partial charge is 0.395 e. The van der Waals surface area contributed by atoms with E-state index >= 15 is 0 Å². The van der Waals surface area contributed by atoms with Gasteiger partial charge in [-0.3, -0.25) is 4.79 Å². The van der Waals surface area contributed by atoms with Gasteiger partial charge in [-0.1, -0.05) is 30.3 Å². The Morgan fingerprint density at radius 1 is 1.17 bits per heavy atom. The van der Waals surface area contributed by atoms with Gasteiger partial charge in [0.1, 0.15) is 5.82 Å². The van der Waals surface area contributed by atoms with Gasteiger partial charge in [0.15, 0.2) is 0 Å². The summed E-state index contributed by atoms with van der Waals surface area (Å²) in [5.74, 6) is -0.637. The first-order chi connectivity index (χ1) is 11.6. The lowest BCUT2D eigenvalue weighted by Crippen LogP contribution is -2.29. The van der Waals surface area contributed by atoms with Crippen LogP contribution in [0.1, 0.15) is 10.4 Å². The van der Waals surface area contributed by atoms with Crippen LogP contribution >= 0.6 is 0 Å². The molecule has 5 heteroatoms. The van der Waals surface area contributed by atoms with E-state index in [0.717, 1.165) is 5.56 Å². The fourth-order valence-corrected chi connectivity index (χ4v) is 2.59. The molecular weight excluding hydrogens is 307 g/mol. The van der Waals surface area contributed by atoms with E-state index in [1.54, 1.807) is 19.2 Å². The Hall–Kier alpha value is -2.79. The molecule has 0 unspecified atom stereocenters. The van der Waals surface area contributed by atoms with Crippen molar-refractivity contribution >= 4 is 16.8 Å². The van der Waals surface area contributed by atoms with Gasteiger partial charge < -0.3 is 10.0 Å². The Balaban J connectivity index is 2.20. The molecule has 0 atom stereocenters. The Morgan fingerprint density at radius 3 is 2.62 bits per heavy atom. The maximum atomic E-state index is 13.6. The second-order valence-electron chi connectivity index (χ2n) is 5.53. The molecule has 1 aromatic heterocycles. The number of nitrogens with zero attached hydrogens (tertiary/aromatic N) is 2. The van der Waals surface area contributed by atoms with E-state index in [1.807, 2.05) is 30.3 Å². The highest BCUT2D eigenvalue weighted by Crippen LogP contribution is 2.26. The molecule has 1 N–H and O–H groups in total. The van der Waals surface area contributed by atoms with Gasteiger partial charge in [-0.05, 0) is 18.2 Å². The average Bonchev–Trinajstić information content (AvgIpc) is 2.60. The van der Waals surface area contributed by atoms with E-state index in [-0.39, 0.29) is 19.1 Å². The van der Waals surface area contributed by atoms with Crippen molar-refractivity contribution in [3.05, 3.63) is 66.0 Å². The number of carbonyl (C=O) groups is 1. The topological polar surface area (TPSA) is 53.4 Å². The number of likely N-dealkylation sites (N-methyl/N-ethyl adjacent to an activating group) is 1. The molecule has 24 heavy (non-hydrogen) atoms. The molecule has 0 aliphatic rings. The van der Waals surface area contributed by atoms with Gasteiger partial charge in [-0.15, -0.1) is 0 Å². The van der Waals surface area contributed by atoms with Crippen LogP contribution in [0.5, 0.6) is 0 Å². The zero-order valence-corrected chi connectivity index (χ0v) is 13.2. The molecule has 0 aliphatic carbocycles. The lowest BCUT2D eigenvalue weighted by Gasteiger charge is -2.17. The quantitative estimate of drug-likeness (QED) is 0.802. The zero-order chi connectivity index (χ0) is 17.1. The van der Waals surface area contributed by atoms with Crippen LogP contribution in [0.2, 0.25) is 0 Å². The fourth-order valence-electron chi connectivity index (χ4n) is 2.59. The molecule has 122 valence electrons. The molecule has 0 saturated carbocycles. The predicted octanol–water partition coefficient (Wildman–Crippen LogP) is 3.11. The number of fused-ring (bicyclic) bond motifs is 1. The Bertz CT molecular complexity index is 881. The molecule has 3 aromatic rings. The van der Waals surface area contributed by atoms with Crippen LogP contribution in [0.3, 0.4) is 0 Å². The number of benzene rings is 2.